The van der Waals surface area contributed by atoms with Crippen LogP contribution in [0.1, 0.15) is 6.42 Å². The zero-order chi connectivity index (χ0) is 11.7. The summed E-state index contributed by atoms with van der Waals surface area (Å²) in [6, 6.07) is 5.35. The first-order chi connectivity index (χ1) is 7.58. The number of halogens is 1. The third-order valence-corrected chi connectivity index (χ3v) is 2.75. The van der Waals surface area contributed by atoms with Gasteiger partial charge in [-0.25, -0.2) is 4.39 Å². The van der Waals surface area contributed by atoms with Crippen LogP contribution in [-0.2, 0) is 4.79 Å². The number of benzene rings is 1. The van der Waals surface area contributed by atoms with E-state index in [1.54, 1.807) is 17.0 Å². The highest BCUT2D eigenvalue weighted by Crippen LogP contribution is 2.26. The van der Waals surface area contributed by atoms with E-state index < -0.39 is 18.1 Å². The fourth-order valence-electron chi connectivity index (χ4n) is 2.02. The van der Waals surface area contributed by atoms with Crippen molar-refractivity contribution < 1.29 is 14.3 Å². The number of hydrogen-bond acceptors (Lipinski definition) is 3. The molecule has 1 amide bonds. The molecular formula is C11H13FN2O2. The van der Waals surface area contributed by atoms with Crippen molar-refractivity contribution in [1.29, 1.82) is 0 Å². The second-order valence-electron chi connectivity index (χ2n) is 3.94. The van der Waals surface area contributed by atoms with Crippen LogP contribution in [0.5, 0.6) is 0 Å². The Morgan fingerprint density at radius 3 is 2.94 bits per heavy atom. The first-order valence-electron chi connectivity index (χ1n) is 5.07. The van der Waals surface area contributed by atoms with Crippen LogP contribution in [-0.4, -0.2) is 29.7 Å². The number of nitrogens with two attached hydrogens (primary N) is 1. The summed E-state index contributed by atoms with van der Waals surface area (Å²) in [6.07, 6.45) is -0.299. The van der Waals surface area contributed by atoms with Gasteiger partial charge in [0.15, 0.2) is 0 Å². The molecular weight excluding hydrogens is 211 g/mol. The van der Waals surface area contributed by atoms with E-state index in [9.17, 15) is 14.3 Å². The van der Waals surface area contributed by atoms with Crippen LogP contribution in [0.3, 0.4) is 0 Å². The Kier molecular flexibility index (Phi) is 2.78. The lowest BCUT2D eigenvalue weighted by atomic mass is 10.2. The number of primary amides is 1. The number of carbonyl (C=O) groups is 1. The van der Waals surface area contributed by atoms with Gasteiger partial charge in [0.05, 0.1) is 6.10 Å². The van der Waals surface area contributed by atoms with Gasteiger partial charge in [0.2, 0.25) is 5.91 Å². The monoisotopic (exact) mass is 224 g/mol. The van der Waals surface area contributed by atoms with Crippen molar-refractivity contribution in [3.63, 3.8) is 0 Å². The number of β-amino-alcohol motifs (C(OH)–C–C–N with tert-alkyl or cyclic N) is 1. The Hall–Kier alpha value is -1.62. The van der Waals surface area contributed by atoms with Crippen molar-refractivity contribution in [1.82, 2.24) is 0 Å². The second-order valence-corrected chi connectivity index (χ2v) is 3.94. The molecule has 1 fully saturated rings. The standard InChI is InChI=1S/C11H13FN2O2/c12-7-2-1-3-8(4-7)14-6-9(15)5-10(14)11(13)16/h1-4,9-10,15H,5-6H2,(H2,13,16). The predicted molar refractivity (Wildman–Crippen MR) is 57.4 cm³/mol. The van der Waals surface area contributed by atoms with Crippen molar-refractivity contribution in [2.24, 2.45) is 5.73 Å². The third kappa shape index (κ3) is 1.99. The molecule has 5 heteroatoms. The molecule has 1 aliphatic rings. The molecule has 0 radical (unpaired) electrons. The first kappa shape index (κ1) is 10.9. The van der Waals surface area contributed by atoms with Gasteiger partial charge in [-0.05, 0) is 18.2 Å². The number of rotatable bonds is 2. The number of amides is 1. The van der Waals surface area contributed by atoms with Crippen LogP contribution in [0.4, 0.5) is 10.1 Å². The molecule has 16 heavy (non-hydrogen) atoms. The van der Waals surface area contributed by atoms with Gasteiger partial charge in [-0.15, -0.1) is 0 Å². The minimum atomic E-state index is -0.597. The molecule has 2 rings (SSSR count). The van der Waals surface area contributed by atoms with Crippen molar-refractivity contribution >= 4 is 11.6 Å². The topological polar surface area (TPSA) is 66.6 Å². The summed E-state index contributed by atoms with van der Waals surface area (Å²) in [5.74, 6) is -0.872. The molecule has 0 spiro atoms. The van der Waals surface area contributed by atoms with Gasteiger partial charge in [0.1, 0.15) is 11.9 Å². The quantitative estimate of drug-likeness (QED) is 0.756. The molecule has 0 bridgehead atoms. The van der Waals surface area contributed by atoms with Crippen LogP contribution in [0, 0.1) is 5.82 Å². The highest BCUT2D eigenvalue weighted by molar-refractivity contribution is 5.84. The Morgan fingerprint density at radius 2 is 2.31 bits per heavy atom. The van der Waals surface area contributed by atoms with Gasteiger partial charge in [-0.3, -0.25) is 4.79 Å². The number of aliphatic hydroxyl groups excluding tert-OH is 1. The molecule has 2 unspecified atom stereocenters. The van der Waals surface area contributed by atoms with E-state index in [2.05, 4.69) is 0 Å². The van der Waals surface area contributed by atoms with Crippen LogP contribution < -0.4 is 10.6 Å². The number of hydrogen-bond donors (Lipinski definition) is 2. The molecule has 1 heterocycles. The Labute approximate surface area is 92.5 Å². The zero-order valence-electron chi connectivity index (χ0n) is 8.64. The van der Waals surface area contributed by atoms with Crippen LogP contribution in [0.2, 0.25) is 0 Å². The molecule has 0 saturated carbocycles. The van der Waals surface area contributed by atoms with Gasteiger partial charge in [0.25, 0.3) is 0 Å². The SMILES string of the molecule is NC(=O)C1CC(O)CN1c1cccc(F)c1. The van der Waals surface area contributed by atoms with Crippen molar-refractivity contribution in [3.05, 3.63) is 30.1 Å². The maximum absolute atomic E-state index is 13.0. The predicted octanol–water partition coefficient (Wildman–Crippen LogP) is 0.251. The maximum Gasteiger partial charge on any atom is 0.240 e. The lowest BCUT2D eigenvalue weighted by Gasteiger charge is -2.23. The third-order valence-electron chi connectivity index (χ3n) is 2.75. The minimum absolute atomic E-state index is 0.297. The molecule has 3 N–H and O–H groups in total. The molecule has 86 valence electrons. The van der Waals surface area contributed by atoms with Gasteiger partial charge in [-0.2, -0.15) is 0 Å². The minimum Gasteiger partial charge on any atom is -0.391 e. The average molecular weight is 224 g/mol. The number of carbonyl (C=O) groups excluding carboxylic acids is 1. The fourth-order valence-corrected chi connectivity index (χ4v) is 2.02. The Balaban J connectivity index is 2.28. The van der Waals surface area contributed by atoms with E-state index in [1.165, 1.54) is 12.1 Å². The lowest BCUT2D eigenvalue weighted by molar-refractivity contribution is -0.119. The van der Waals surface area contributed by atoms with Crippen molar-refractivity contribution in [3.8, 4) is 0 Å². The van der Waals surface area contributed by atoms with E-state index >= 15 is 0 Å². The molecule has 1 aromatic rings. The van der Waals surface area contributed by atoms with E-state index in [-0.39, 0.29) is 5.82 Å². The zero-order valence-corrected chi connectivity index (χ0v) is 8.64. The first-order valence-corrected chi connectivity index (χ1v) is 5.07. The van der Waals surface area contributed by atoms with Crippen LogP contribution in [0.15, 0.2) is 24.3 Å². The molecule has 0 aromatic heterocycles. The largest absolute Gasteiger partial charge is 0.391 e. The van der Waals surface area contributed by atoms with E-state index in [0.717, 1.165) is 0 Å². The molecule has 0 aliphatic carbocycles. The average Bonchev–Trinajstić information content (AvgIpc) is 2.60. The fraction of sp³-hybridized carbons (Fsp3) is 0.364. The normalized spacial score (nSPS) is 24.8. The highest BCUT2D eigenvalue weighted by Gasteiger charge is 2.34. The van der Waals surface area contributed by atoms with Gasteiger partial charge in [-0.1, -0.05) is 6.07 Å². The summed E-state index contributed by atoms with van der Waals surface area (Å²) in [5, 5.41) is 9.51. The Bertz CT molecular complexity index is 411. The molecule has 1 aliphatic heterocycles. The van der Waals surface area contributed by atoms with E-state index in [0.29, 0.717) is 18.7 Å². The van der Waals surface area contributed by atoms with E-state index in [4.69, 9.17) is 5.73 Å². The summed E-state index contributed by atoms with van der Waals surface area (Å²) in [4.78, 5) is 12.8. The van der Waals surface area contributed by atoms with Crippen molar-refractivity contribution in [2.75, 3.05) is 11.4 Å². The lowest BCUT2D eigenvalue weighted by Crippen LogP contribution is -2.40. The van der Waals surface area contributed by atoms with Crippen molar-refractivity contribution in [2.45, 2.75) is 18.6 Å². The summed E-state index contributed by atoms with van der Waals surface area (Å²) < 4.78 is 13.0. The summed E-state index contributed by atoms with van der Waals surface area (Å²) in [7, 11) is 0. The van der Waals surface area contributed by atoms with Gasteiger partial charge in [0, 0.05) is 18.7 Å². The summed E-state index contributed by atoms with van der Waals surface area (Å²) >= 11 is 0. The summed E-state index contributed by atoms with van der Waals surface area (Å²) in [6.45, 7) is 0.303. The van der Waals surface area contributed by atoms with Gasteiger partial charge < -0.3 is 15.7 Å². The number of anilines is 1. The van der Waals surface area contributed by atoms with Crippen LogP contribution >= 0.6 is 0 Å². The molecule has 2 atom stereocenters. The molecule has 1 saturated heterocycles. The van der Waals surface area contributed by atoms with E-state index in [1.807, 2.05) is 0 Å². The molecule has 1 aromatic carbocycles. The molecule has 4 nitrogen and oxygen atoms in total. The van der Waals surface area contributed by atoms with Crippen LogP contribution in [0.25, 0.3) is 0 Å². The van der Waals surface area contributed by atoms with Gasteiger partial charge >= 0.3 is 0 Å². The number of aliphatic hydroxyl groups is 1. The maximum atomic E-state index is 13.0. The second kappa shape index (κ2) is 4.09. The number of nitrogens with zero attached hydrogens (tertiary/aromatic N) is 1. The Morgan fingerprint density at radius 1 is 1.56 bits per heavy atom. The smallest absolute Gasteiger partial charge is 0.240 e. The summed E-state index contributed by atoms with van der Waals surface area (Å²) in [5.41, 5.74) is 5.81. The highest BCUT2D eigenvalue weighted by atomic mass is 19.1.